The highest BCUT2D eigenvalue weighted by atomic mass is 35.5. The van der Waals surface area contributed by atoms with E-state index in [4.69, 9.17) is 11.6 Å². The quantitative estimate of drug-likeness (QED) is 0.849. The lowest BCUT2D eigenvalue weighted by Gasteiger charge is -2.22. The molecule has 0 atom stereocenters. The summed E-state index contributed by atoms with van der Waals surface area (Å²) in [5.41, 5.74) is 0.702. The first-order chi connectivity index (χ1) is 11.6. The molecule has 0 N–H and O–H groups in total. The molecule has 0 aliphatic carbocycles. The van der Waals surface area contributed by atoms with Crippen LogP contribution in [-0.4, -0.2) is 63.2 Å². The molecule has 3 rings (SSSR count). The number of benzene rings is 1. The lowest BCUT2D eigenvalue weighted by Crippen LogP contribution is -2.36. The molecule has 0 spiro atoms. The summed E-state index contributed by atoms with van der Waals surface area (Å²) in [6.07, 6.45) is 2.75. The highest BCUT2D eigenvalue weighted by molar-refractivity contribution is 6.30. The van der Waals surface area contributed by atoms with Gasteiger partial charge in [-0.05, 0) is 44.2 Å². The summed E-state index contributed by atoms with van der Waals surface area (Å²) in [5.74, 6) is 1.02. The van der Waals surface area contributed by atoms with Gasteiger partial charge < -0.3 is 9.47 Å². The third kappa shape index (κ3) is 4.13. The lowest BCUT2D eigenvalue weighted by molar-refractivity contribution is 0.0761. The van der Waals surface area contributed by atoms with Crippen LogP contribution in [0.4, 0.5) is 0 Å². The predicted molar refractivity (Wildman–Crippen MR) is 93.2 cm³/mol. The van der Waals surface area contributed by atoms with Crippen LogP contribution in [0.1, 0.15) is 22.6 Å². The molecule has 128 valence electrons. The van der Waals surface area contributed by atoms with E-state index in [0.29, 0.717) is 10.6 Å². The average molecular weight is 348 g/mol. The normalized spacial score (nSPS) is 16.2. The van der Waals surface area contributed by atoms with E-state index in [-0.39, 0.29) is 5.91 Å². The minimum atomic E-state index is 0.0863. The Morgan fingerprint density at radius 2 is 1.92 bits per heavy atom. The largest absolute Gasteiger partial charge is 0.337 e. The molecule has 2 heterocycles. The van der Waals surface area contributed by atoms with Gasteiger partial charge in [-0.2, -0.15) is 0 Å². The minimum absolute atomic E-state index is 0.0863. The molecule has 6 nitrogen and oxygen atoms in total. The van der Waals surface area contributed by atoms with Crippen molar-refractivity contribution in [2.24, 2.45) is 0 Å². The number of amides is 1. The highest BCUT2D eigenvalue weighted by Gasteiger charge is 2.20. The van der Waals surface area contributed by atoms with Crippen molar-refractivity contribution >= 4 is 17.5 Å². The van der Waals surface area contributed by atoms with E-state index in [1.807, 2.05) is 11.8 Å². The van der Waals surface area contributed by atoms with E-state index in [1.165, 1.54) is 0 Å². The van der Waals surface area contributed by atoms with Crippen molar-refractivity contribution in [3.63, 3.8) is 0 Å². The number of hydrogen-bond acceptors (Lipinski definition) is 4. The van der Waals surface area contributed by atoms with Gasteiger partial charge >= 0.3 is 0 Å². The first-order valence-corrected chi connectivity index (χ1v) is 8.63. The van der Waals surface area contributed by atoms with Gasteiger partial charge in [0.25, 0.3) is 5.91 Å². The fourth-order valence-corrected chi connectivity index (χ4v) is 3.08. The van der Waals surface area contributed by atoms with Crippen LogP contribution in [0.3, 0.4) is 0 Å². The number of hydrogen-bond donors (Lipinski definition) is 0. The van der Waals surface area contributed by atoms with E-state index < -0.39 is 0 Å². The molecule has 0 radical (unpaired) electrons. The Morgan fingerprint density at radius 3 is 2.62 bits per heavy atom. The Balaban J connectivity index is 1.53. The lowest BCUT2D eigenvalue weighted by atomic mass is 10.2. The molecular weight excluding hydrogens is 326 g/mol. The van der Waals surface area contributed by atoms with Gasteiger partial charge in [0.1, 0.15) is 12.2 Å². The Hall–Kier alpha value is -1.92. The van der Waals surface area contributed by atoms with Gasteiger partial charge in [-0.15, -0.1) is 10.2 Å². The fraction of sp³-hybridized carbons (Fsp3) is 0.471. The first-order valence-electron chi connectivity index (χ1n) is 8.25. The van der Waals surface area contributed by atoms with E-state index >= 15 is 0 Å². The van der Waals surface area contributed by atoms with Crippen molar-refractivity contribution in [2.45, 2.75) is 19.9 Å². The number of carbonyl (C=O) groups excluding carboxylic acids is 1. The molecule has 1 aromatic heterocycles. The number of rotatable bonds is 4. The number of nitrogens with zero attached hydrogens (tertiary/aromatic N) is 5. The summed E-state index contributed by atoms with van der Waals surface area (Å²) in [4.78, 5) is 16.9. The SMILES string of the molecule is Cc1nncn1CCN1CCCN(C(=O)c2ccc(Cl)cc2)CC1. The molecule has 24 heavy (non-hydrogen) atoms. The van der Waals surface area contributed by atoms with E-state index in [9.17, 15) is 4.79 Å². The summed E-state index contributed by atoms with van der Waals surface area (Å²) in [5, 5.41) is 8.57. The molecule has 0 saturated carbocycles. The molecule has 2 aromatic rings. The van der Waals surface area contributed by atoms with Crippen LogP contribution in [0, 0.1) is 6.92 Å². The molecule has 0 bridgehead atoms. The van der Waals surface area contributed by atoms with Gasteiger partial charge in [-0.25, -0.2) is 0 Å². The first kappa shape index (κ1) is 16.9. The maximum Gasteiger partial charge on any atom is 0.253 e. The van der Waals surface area contributed by atoms with Gasteiger partial charge in [0.15, 0.2) is 0 Å². The van der Waals surface area contributed by atoms with Gasteiger partial charge in [0, 0.05) is 43.3 Å². The average Bonchev–Trinajstić information content (AvgIpc) is 2.85. The van der Waals surface area contributed by atoms with Crippen LogP contribution in [0.25, 0.3) is 0 Å². The fourth-order valence-electron chi connectivity index (χ4n) is 2.95. The van der Waals surface area contributed by atoms with Crippen LogP contribution >= 0.6 is 11.6 Å². The second-order valence-corrected chi connectivity index (χ2v) is 6.50. The molecule has 7 heteroatoms. The number of aromatic nitrogens is 3. The van der Waals surface area contributed by atoms with E-state index in [2.05, 4.69) is 19.7 Å². The molecular formula is C17H22ClN5O. The molecule has 1 saturated heterocycles. The Labute approximate surface area is 147 Å². The Morgan fingerprint density at radius 1 is 1.12 bits per heavy atom. The number of carbonyl (C=O) groups is 1. The van der Waals surface area contributed by atoms with Gasteiger partial charge in [0.05, 0.1) is 0 Å². The van der Waals surface area contributed by atoms with Crippen molar-refractivity contribution in [3.8, 4) is 0 Å². The van der Waals surface area contributed by atoms with Crippen molar-refractivity contribution in [3.05, 3.63) is 47.0 Å². The maximum atomic E-state index is 12.6. The molecule has 1 aliphatic heterocycles. The zero-order chi connectivity index (χ0) is 16.9. The van der Waals surface area contributed by atoms with Crippen LogP contribution in [-0.2, 0) is 6.54 Å². The Kier molecular flexibility index (Phi) is 5.48. The van der Waals surface area contributed by atoms with Gasteiger partial charge in [-0.1, -0.05) is 11.6 Å². The summed E-state index contributed by atoms with van der Waals surface area (Å²) in [6, 6.07) is 7.12. The van der Waals surface area contributed by atoms with Crippen LogP contribution in [0.2, 0.25) is 5.02 Å². The smallest absolute Gasteiger partial charge is 0.253 e. The van der Waals surface area contributed by atoms with Crippen molar-refractivity contribution in [2.75, 3.05) is 32.7 Å². The third-order valence-corrected chi connectivity index (χ3v) is 4.69. The highest BCUT2D eigenvalue weighted by Crippen LogP contribution is 2.13. The standard InChI is InChI=1S/C17H22ClN5O/c1-14-20-19-13-23(14)12-10-21-7-2-8-22(11-9-21)17(24)15-3-5-16(18)6-4-15/h3-6,13H,2,7-12H2,1H3. The summed E-state index contributed by atoms with van der Waals surface area (Å²) >= 11 is 5.89. The van der Waals surface area contributed by atoms with Crippen LogP contribution < -0.4 is 0 Å². The predicted octanol–water partition coefficient (Wildman–Crippen LogP) is 2.09. The second-order valence-electron chi connectivity index (χ2n) is 6.07. The Bertz CT molecular complexity index is 685. The van der Waals surface area contributed by atoms with Crippen molar-refractivity contribution < 1.29 is 4.79 Å². The van der Waals surface area contributed by atoms with Gasteiger partial charge in [-0.3, -0.25) is 9.69 Å². The van der Waals surface area contributed by atoms with E-state index in [0.717, 1.165) is 51.5 Å². The monoisotopic (exact) mass is 347 g/mol. The van der Waals surface area contributed by atoms with E-state index in [1.54, 1.807) is 30.6 Å². The second kappa shape index (κ2) is 7.77. The summed E-state index contributed by atoms with van der Waals surface area (Å²) in [7, 11) is 0. The van der Waals surface area contributed by atoms with Crippen molar-refractivity contribution in [1.82, 2.24) is 24.6 Å². The third-order valence-electron chi connectivity index (χ3n) is 4.43. The van der Waals surface area contributed by atoms with Crippen LogP contribution in [0.5, 0.6) is 0 Å². The van der Waals surface area contributed by atoms with Crippen molar-refractivity contribution in [1.29, 1.82) is 0 Å². The molecule has 0 unspecified atom stereocenters. The summed E-state index contributed by atoms with van der Waals surface area (Å²) < 4.78 is 2.06. The van der Waals surface area contributed by atoms with Crippen LogP contribution in [0.15, 0.2) is 30.6 Å². The van der Waals surface area contributed by atoms with Gasteiger partial charge in [0.2, 0.25) is 0 Å². The maximum absolute atomic E-state index is 12.6. The number of halogens is 1. The zero-order valence-corrected chi connectivity index (χ0v) is 14.6. The molecule has 1 fully saturated rings. The number of aryl methyl sites for hydroxylation is 1. The minimum Gasteiger partial charge on any atom is -0.337 e. The zero-order valence-electron chi connectivity index (χ0n) is 13.9. The summed E-state index contributed by atoms with van der Waals surface area (Å²) in [6.45, 7) is 7.23. The topological polar surface area (TPSA) is 54.3 Å². The molecule has 1 aromatic carbocycles. The molecule has 1 amide bonds. The molecule has 1 aliphatic rings.